The minimum Gasteiger partial charge on any atom is -0.0751 e. The third-order valence-corrected chi connectivity index (χ3v) is 10.9. The largest absolute Gasteiger partial charge is 0.0751 e. The maximum atomic E-state index is 2.43. The van der Waals surface area contributed by atoms with Crippen LogP contribution in [0.15, 0.2) is 0 Å². The molecule has 3 heteroatoms. The maximum absolute atomic E-state index is 2.43. The number of hydrogen-bond acceptors (Lipinski definition) is 0. The second kappa shape index (κ2) is 6.65. The van der Waals surface area contributed by atoms with E-state index in [1.165, 1.54) is 0 Å². The molecule has 0 aromatic heterocycles. The molecule has 0 amide bonds. The summed E-state index contributed by atoms with van der Waals surface area (Å²) in [7, 11) is 1.49. The van der Waals surface area contributed by atoms with Crippen LogP contribution in [0, 0.1) is 0 Å². The Hall–Kier alpha value is 0.651. The first-order chi connectivity index (χ1) is 3.41. The topological polar surface area (TPSA) is 0 Å². The molecule has 0 aliphatic heterocycles. The Balaban J connectivity index is 2.45. The highest BCUT2D eigenvalue weighted by atomic mass is 28.3. The zero-order valence-corrected chi connectivity index (χ0v) is 9.78. The Morgan fingerprint density at radius 3 is 1.71 bits per heavy atom. The normalized spacial score (nSPS) is 14.6. The summed E-state index contributed by atoms with van der Waals surface area (Å²) >= 11 is 0. The van der Waals surface area contributed by atoms with Crippen LogP contribution in [0.4, 0.5) is 0 Å². The summed E-state index contributed by atoms with van der Waals surface area (Å²) in [6.45, 7) is 4.87. The average Bonchev–Trinajstić information content (AvgIpc) is 1.69. The summed E-state index contributed by atoms with van der Waals surface area (Å²) in [5.74, 6) is 0. The van der Waals surface area contributed by atoms with Crippen molar-refractivity contribution in [3.63, 3.8) is 0 Å². The first-order valence-electron chi connectivity index (χ1n) is 3.41. The van der Waals surface area contributed by atoms with E-state index in [0.717, 1.165) is 0 Å². The molecule has 0 aromatic carbocycles. The van der Waals surface area contributed by atoms with Crippen molar-refractivity contribution in [2.75, 3.05) is 0 Å². The monoisotopic (exact) mass is 148 g/mol. The van der Waals surface area contributed by atoms with E-state index in [1.807, 2.05) is 0 Å². The highest BCUT2D eigenvalue weighted by Gasteiger charge is 1.82. The smallest absolute Gasteiger partial charge is 0.0135 e. The van der Waals surface area contributed by atoms with Gasteiger partial charge >= 0.3 is 0 Å². The van der Waals surface area contributed by atoms with Crippen molar-refractivity contribution in [2.45, 2.75) is 24.4 Å². The number of hydrogen-bond donors (Lipinski definition) is 0. The van der Waals surface area contributed by atoms with Gasteiger partial charge in [-0.25, -0.2) is 0 Å². The van der Waals surface area contributed by atoms with Crippen LogP contribution in [0.25, 0.3) is 0 Å². The van der Waals surface area contributed by atoms with E-state index < -0.39 is 0 Å². The maximum Gasteiger partial charge on any atom is 0.0135 e. The lowest BCUT2D eigenvalue weighted by molar-refractivity contribution is 1.83. The summed E-state index contributed by atoms with van der Waals surface area (Å²) in [6.07, 6.45) is 0. The number of rotatable bonds is 4. The molecule has 0 saturated heterocycles. The van der Waals surface area contributed by atoms with Crippen LogP contribution in [-0.4, -0.2) is 28.6 Å². The second-order valence-corrected chi connectivity index (χ2v) is 10.4. The molecule has 0 nitrogen and oxygen atoms in total. The molecule has 0 aliphatic carbocycles. The van der Waals surface area contributed by atoms with Gasteiger partial charge in [0.15, 0.2) is 0 Å². The fraction of sp³-hybridized carbons (Fsp3) is 1.00. The fourth-order valence-corrected chi connectivity index (χ4v) is 9.27. The highest BCUT2D eigenvalue weighted by molar-refractivity contribution is 6.63. The molecule has 0 saturated carbocycles. The summed E-state index contributed by atoms with van der Waals surface area (Å²) in [6, 6.07) is 0. The fourth-order valence-electron chi connectivity index (χ4n) is 0.677. The molecule has 44 valence electrons. The molecule has 7 heavy (non-hydrogen) atoms. The predicted octanol–water partition coefficient (Wildman–Crippen LogP) is -0.659. The summed E-state index contributed by atoms with van der Waals surface area (Å²) < 4.78 is 0. The lowest BCUT2D eigenvalue weighted by atomic mass is 11.8. The van der Waals surface area contributed by atoms with Gasteiger partial charge in [-0.05, 0) is 0 Å². The van der Waals surface area contributed by atoms with Gasteiger partial charge in [0.2, 0.25) is 0 Å². The highest BCUT2D eigenvalue weighted by Crippen LogP contribution is 1.79. The van der Waals surface area contributed by atoms with Crippen LogP contribution in [0.5, 0.6) is 0 Å². The Bertz CT molecular complexity index is 26.1. The van der Waals surface area contributed by atoms with Crippen LogP contribution in [0.2, 0.25) is 24.4 Å². The zero-order valence-electron chi connectivity index (χ0n) is 5.54. The Morgan fingerprint density at radius 2 is 1.43 bits per heavy atom. The van der Waals surface area contributed by atoms with Crippen LogP contribution in [0.1, 0.15) is 0 Å². The van der Waals surface area contributed by atoms with Crippen molar-refractivity contribution in [1.82, 2.24) is 0 Å². The Morgan fingerprint density at radius 1 is 1.00 bits per heavy atom. The third-order valence-electron chi connectivity index (χ3n) is 1.21. The van der Waals surface area contributed by atoms with Crippen molar-refractivity contribution in [1.29, 1.82) is 0 Å². The van der Waals surface area contributed by atoms with Gasteiger partial charge < -0.3 is 0 Å². The van der Waals surface area contributed by atoms with E-state index in [9.17, 15) is 0 Å². The zero-order chi connectivity index (χ0) is 5.54. The van der Waals surface area contributed by atoms with E-state index in [0.29, 0.717) is 28.6 Å². The van der Waals surface area contributed by atoms with Gasteiger partial charge in [-0.3, -0.25) is 0 Å². The van der Waals surface area contributed by atoms with Crippen molar-refractivity contribution >= 4 is 28.6 Å². The van der Waals surface area contributed by atoms with Gasteiger partial charge in [0.1, 0.15) is 0 Å². The van der Waals surface area contributed by atoms with Crippen LogP contribution < -0.4 is 0 Å². The van der Waals surface area contributed by atoms with E-state index in [4.69, 9.17) is 0 Å². The van der Waals surface area contributed by atoms with Crippen molar-refractivity contribution in [3.8, 4) is 0 Å². The molecule has 0 fully saturated rings. The van der Waals surface area contributed by atoms with Crippen LogP contribution >= 0.6 is 0 Å². The molecule has 0 heterocycles. The molecule has 0 atom stereocenters. The minimum absolute atomic E-state index is 0.478. The van der Waals surface area contributed by atoms with Gasteiger partial charge in [-0.2, -0.15) is 0 Å². The molecule has 0 spiro atoms. The lowest BCUT2D eigenvalue weighted by Crippen LogP contribution is -1.95. The lowest BCUT2D eigenvalue weighted by Gasteiger charge is -1.88. The third kappa shape index (κ3) is 6.65. The molecule has 0 bridgehead atoms. The predicted molar refractivity (Wildman–Crippen MR) is 47.0 cm³/mol. The molecular formula is C4H16Si3. The first-order valence-corrected chi connectivity index (χ1v) is 10.2. The Kier molecular flexibility index (Phi) is 7.27. The van der Waals surface area contributed by atoms with E-state index >= 15 is 0 Å². The summed E-state index contributed by atoms with van der Waals surface area (Å²) in [5, 5.41) is 0. The molecule has 0 radical (unpaired) electrons. The van der Waals surface area contributed by atoms with Gasteiger partial charge in [-0.15, -0.1) is 0 Å². The van der Waals surface area contributed by atoms with Crippen LogP contribution in [-0.2, 0) is 0 Å². The van der Waals surface area contributed by atoms with E-state index in [-0.39, 0.29) is 0 Å². The average molecular weight is 148 g/mol. The SMILES string of the molecule is C[SiH2]C[SiH2]C[SiH2]C. The standard InChI is InChI=1S/C4H16Si3/c1-5-3-7-4-6-2/h3-7H2,1-2H3. The van der Waals surface area contributed by atoms with Crippen molar-refractivity contribution in [2.24, 2.45) is 0 Å². The Labute approximate surface area is 53.6 Å². The van der Waals surface area contributed by atoms with Gasteiger partial charge in [0.25, 0.3) is 0 Å². The van der Waals surface area contributed by atoms with Crippen molar-refractivity contribution < 1.29 is 0 Å². The first kappa shape index (κ1) is 7.65. The summed E-state index contributed by atoms with van der Waals surface area (Å²) in [5.41, 5.74) is 3.47. The molecule has 0 N–H and O–H groups in total. The summed E-state index contributed by atoms with van der Waals surface area (Å²) in [4.78, 5) is 0. The van der Waals surface area contributed by atoms with Crippen LogP contribution in [0.3, 0.4) is 0 Å². The minimum atomic E-state index is 0.478. The molecule has 0 rings (SSSR count). The quantitative estimate of drug-likeness (QED) is 0.367. The van der Waals surface area contributed by atoms with E-state index in [2.05, 4.69) is 13.1 Å². The van der Waals surface area contributed by atoms with E-state index in [1.54, 1.807) is 11.3 Å². The van der Waals surface area contributed by atoms with Gasteiger partial charge in [0.05, 0.1) is 0 Å². The molecule has 0 unspecified atom stereocenters. The van der Waals surface area contributed by atoms with Gasteiger partial charge in [-0.1, -0.05) is 24.4 Å². The van der Waals surface area contributed by atoms with Crippen molar-refractivity contribution in [3.05, 3.63) is 0 Å². The molecule has 0 aromatic rings. The molecular weight excluding hydrogens is 132 g/mol. The second-order valence-electron chi connectivity index (χ2n) is 2.06. The molecule has 0 aliphatic rings. The van der Waals surface area contributed by atoms with Gasteiger partial charge in [0, 0.05) is 28.6 Å².